The van der Waals surface area contributed by atoms with Crippen LogP contribution in [-0.4, -0.2) is 0 Å². The molecule has 0 aliphatic carbocycles. The molecule has 0 N–H and O–H groups in total. The van der Waals surface area contributed by atoms with Crippen LogP contribution in [0.15, 0.2) is 70.5 Å². The molecule has 0 aliphatic rings. The molecular weight excluding hydrogens is 472 g/mol. The summed E-state index contributed by atoms with van der Waals surface area (Å²) >= 11 is 0. The molecule has 0 fully saturated rings. The van der Waals surface area contributed by atoms with Gasteiger partial charge in [0.05, 0.1) is 11.4 Å². The van der Waals surface area contributed by atoms with Crippen LogP contribution in [0.5, 0.6) is 0 Å². The van der Waals surface area contributed by atoms with Gasteiger partial charge in [-0.05, 0) is 115 Å². The molecule has 0 heterocycles. The molecule has 2 nitrogen and oxygen atoms in total. The van der Waals surface area contributed by atoms with Gasteiger partial charge in [0.15, 0.2) is 0 Å². The second-order valence-electron chi connectivity index (χ2n) is 10.8. The Morgan fingerprint density at radius 2 is 1.49 bits per heavy atom. The van der Waals surface area contributed by atoms with Gasteiger partial charge in [0.2, 0.25) is 0 Å². The van der Waals surface area contributed by atoms with Crippen LogP contribution >= 0.6 is 0 Å². The first-order valence-electron chi connectivity index (χ1n) is 15.5. The minimum Gasteiger partial charge on any atom is -0.155 e. The summed E-state index contributed by atoms with van der Waals surface area (Å²) in [5, 5.41) is 9.54. The Labute approximate surface area is 238 Å². The zero-order valence-electron chi connectivity index (χ0n) is 25.4. The normalized spacial score (nSPS) is 12.0. The minimum absolute atomic E-state index is 0.852. The van der Waals surface area contributed by atoms with Crippen molar-refractivity contribution in [3.05, 3.63) is 93.7 Å². The summed E-state index contributed by atoms with van der Waals surface area (Å²) in [7, 11) is 0. The summed E-state index contributed by atoms with van der Waals surface area (Å²) in [6.07, 6.45) is 15.2. The molecular formula is C37H50N2. The molecule has 0 aromatic heterocycles. The highest BCUT2D eigenvalue weighted by Crippen LogP contribution is 2.33. The summed E-state index contributed by atoms with van der Waals surface area (Å²) in [4.78, 5) is 0. The Morgan fingerprint density at radius 3 is 2.15 bits per heavy atom. The molecule has 0 saturated heterocycles. The summed E-state index contributed by atoms with van der Waals surface area (Å²) in [6, 6.07) is 19.9. The fourth-order valence-electron chi connectivity index (χ4n) is 5.58. The highest BCUT2D eigenvalue weighted by atomic mass is 15.1. The summed E-state index contributed by atoms with van der Waals surface area (Å²) in [5.41, 5.74) is 13.0. The molecule has 0 radical (unpaired) electrons. The Morgan fingerprint density at radius 1 is 0.718 bits per heavy atom. The summed E-state index contributed by atoms with van der Waals surface area (Å²) in [6.45, 7) is 13.5. The molecule has 39 heavy (non-hydrogen) atoms. The first-order valence-corrected chi connectivity index (χ1v) is 15.5. The average Bonchev–Trinajstić information content (AvgIpc) is 2.97. The van der Waals surface area contributed by atoms with E-state index in [4.69, 9.17) is 10.2 Å². The lowest BCUT2D eigenvalue weighted by atomic mass is 9.91. The number of hydrogen-bond acceptors (Lipinski definition) is 2. The van der Waals surface area contributed by atoms with Crippen molar-refractivity contribution < 1.29 is 0 Å². The predicted octanol–water partition coefficient (Wildman–Crippen LogP) is 11.8. The van der Waals surface area contributed by atoms with Gasteiger partial charge in [0.1, 0.15) is 0 Å². The lowest BCUT2D eigenvalue weighted by molar-refractivity contribution is 0.661. The number of allylic oxidation sites excluding steroid dienone is 1. The Balaban J connectivity index is 1.93. The van der Waals surface area contributed by atoms with E-state index in [1.54, 1.807) is 5.56 Å². The van der Waals surface area contributed by atoms with E-state index in [0.717, 1.165) is 37.1 Å². The average molecular weight is 523 g/mol. The zero-order chi connectivity index (χ0) is 28.0. The van der Waals surface area contributed by atoms with Gasteiger partial charge < -0.3 is 0 Å². The molecule has 3 rings (SSSR count). The van der Waals surface area contributed by atoms with Crippen molar-refractivity contribution in [2.75, 3.05) is 0 Å². The van der Waals surface area contributed by atoms with Gasteiger partial charge in [-0.25, -0.2) is 0 Å². The van der Waals surface area contributed by atoms with Crippen LogP contribution in [0.3, 0.4) is 0 Å². The van der Waals surface area contributed by atoms with Gasteiger partial charge >= 0.3 is 0 Å². The van der Waals surface area contributed by atoms with Gasteiger partial charge in [-0.2, -0.15) is 10.2 Å². The zero-order valence-corrected chi connectivity index (χ0v) is 25.4. The van der Waals surface area contributed by atoms with Crippen LogP contribution in [0.25, 0.3) is 17.2 Å². The van der Waals surface area contributed by atoms with E-state index >= 15 is 0 Å². The second kappa shape index (κ2) is 16.2. The maximum atomic E-state index is 4.77. The van der Waals surface area contributed by atoms with Gasteiger partial charge in [-0.1, -0.05) is 103 Å². The van der Waals surface area contributed by atoms with E-state index in [9.17, 15) is 0 Å². The lowest BCUT2D eigenvalue weighted by Crippen LogP contribution is -2.00. The van der Waals surface area contributed by atoms with E-state index in [1.807, 2.05) is 0 Å². The number of aryl methyl sites for hydroxylation is 3. The van der Waals surface area contributed by atoms with Crippen molar-refractivity contribution in [3.63, 3.8) is 0 Å². The number of rotatable bonds is 15. The van der Waals surface area contributed by atoms with Crippen molar-refractivity contribution in [1.29, 1.82) is 0 Å². The van der Waals surface area contributed by atoms with Crippen molar-refractivity contribution in [3.8, 4) is 11.1 Å². The fourth-order valence-corrected chi connectivity index (χ4v) is 5.58. The Kier molecular flexibility index (Phi) is 12.7. The third kappa shape index (κ3) is 8.75. The number of hydrogen-bond donors (Lipinski definition) is 0. The van der Waals surface area contributed by atoms with E-state index in [-0.39, 0.29) is 0 Å². The van der Waals surface area contributed by atoms with Crippen molar-refractivity contribution in [2.24, 2.45) is 10.2 Å². The van der Waals surface area contributed by atoms with Crippen molar-refractivity contribution in [2.45, 2.75) is 112 Å². The molecule has 0 amide bonds. The quantitative estimate of drug-likeness (QED) is 0.140. The Hall–Kier alpha value is -3.00. The van der Waals surface area contributed by atoms with Crippen molar-refractivity contribution >= 4 is 11.8 Å². The van der Waals surface area contributed by atoms with Gasteiger partial charge in [0.25, 0.3) is 0 Å². The first-order chi connectivity index (χ1) is 19.0. The standard InChI is InChI=1S/C37H50N2/c1-7-12-14-18-22-36-28(6)23-29(24-32(36)19-13-8-2)25-33(10-4)38-39-34-26-30(9-3)35(11-5)37(27-34)31-20-16-15-17-21-31/h15-17,20-21,23-27H,7-14,18-19,22H2,1-6H3. The highest BCUT2D eigenvalue weighted by Gasteiger charge is 2.11. The van der Waals surface area contributed by atoms with Crippen molar-refractivity contribution in [1.82, 2.24) is 0 Å². The number of benzene rings is 3. The lowest BCUT2D eigenvalue weighted by Gasteiger charge is -2.15. The molecule has 3 aromatic carbocycles. The smallest absolute Gasteiger partial charge is 0.0866 e. The maximum absolute atomic E-state index is 4.77. The second-order valence-corrected chi connectivity index (χ2v) is 10.8. The number of nitrogens with zero attached hydrogens (tertiary/aromatic N) is 2. The Bertz CT molecular complexity index is 1230. The summed E-state index contributed by atoms with van der Waals surface area (Å²) in [5.74, 6) is 0. The van der Waals surface area contributed by atoms with Crippen LogP contribution in [0.4, 0.5) is 5.69 Å². The molecule has 0 bridgehead atoms. The SMILES string of the molecule is CCCCCCc1c(C)cc(C=C(CC)N=Nc2cc(CC)c(CC)c(-c3ccccc3)c2)cc1CCCC. The van der Waals surface area contributed by atoms with Crippen LogP contribution in [0, 0.1) is 6.92 Å². The van der Waals surface area contributed by atoms with Gasteiger partial charge in [-0.15, -0.1) is 0 Å². The fraction of sp³-hybridized carbons (Fsp3) is 0.459. The summed E-state index contributed by atoms with van der Waals surface area (Å²) < 4.78 is 0. The molecule has 2 heteroatoms. The molecule has 0 atom stereocenters. The molecule has 0 unspecified atom stereocenters. The maximum Gasteiger partial charge on any atom is 0.0866 e. The number of azo groups is 1. The van der Waals surface area contributed by atoms with Crippen LogP contribution < -0.4 is 0 Å². The molecule has 3 aromatic rings. The third-order valence-electron chi connectivity index (χ3n) is 7.80. The highest BCUT2D eigenvalue weighted by molar-refractivity contribution is 5.72. The third-order valence-corrected chi connectivity index (χ3v) is 7.80. The van der Waals surface area contributed by atoms with Gasteiger partial charge in [-0.3, -0.25) is 0 Å². The van der Waals surface area contributed by atoms with E-state index in [1.165, 1.54) is 83.9 Å². The minimum atomic E-state index is 0.852. The largest absolute Gasteiger partial charge is 0.155 e. The molecule has 208 valence electrons. The van der Waals surface area contributed by atoms with E-state index in [0.29, 0.717) is 0 Å². The molecule has 0 saturated carbocycles. The first kappa shape index (κ1) is 30.5. The van der Waals surface area contributed by atoms with Gasteiger partial charge in [0, 0.05) is 0 Å². The monoisotopic (exact) mass is 522 g/mol. The van der Waals surface area contributed by atoms with Crippen LogP contribution in [0.1, 0.15) is 113 Å². The van der Waals surface area contributed by atoms with E-state index < -0.39 is 0 Å². The molecule has 0 spiro atoms. The topological polar surface area (TPSA) is 24.7 Å². The van der Waals surface area contributed by atoms with Crippen LogP contribution in [0.2, 0.25) is 0 Å². The predicted molar refractivity (Wildman–Crippen MR) is 171 cm³/mol. The van der Waals surface area contributed by atoms with E-state index in [2.05, 4.69) is 102 Å². The number of unbranched alkanes of at least 4 members (excludes halogenated alkanes) is 4. The molecule has 0 aliphatic heterocycles. The van der Waals surface area contributed by atoms with Crippen LogP contribution in [-0.2, 0) is 25.7 Å².